The molecular formula is C19H28N4O2S. The number of carbonyl (C=O) groups excluding carboxylic acids is 1. The third-order valence-corrected chi connectivity index (χ3v) is 4.83. The van der Waals surface area contributed by atoms with E-state index in [1.54, 1.807) is 0 Å². The van der Waals surface area contributed by atoms with Gasteiger partial charge in [-0.3, -0.25) is 4.79 Å². The number of ether oxygens (including phenoxy) is 1. The van der Waals surface area contributed by atoms with E-state index >= 15 is 0 Å². The predicted octanol–water partition coefficient (Wildman–Crippen LogP) is 3.50. The maximum Gasteiger partial charge on any atom is 0.230 e. The van der Waals surface area contributed by atoms with Crippen molar-refractivity contribution in [3.05, 3.63) is 35.2 Å². The lowest BCUT2D eigenvalue weighted by atomic mass is 10.1. The molecular weight excluding hydrogens is 348 g/mol. The van der Waals surface area contributed by atoms with Gasteiger partial charge < -0.3 is 14.6 Å². The fraction of sp³-hybridized carbons (Fsp3) is 0.526. The summed E-state index contributed by atoms with van der Waals surface area (Å²) in [5.74, 6) is 1.91. The quantitative estimate of drug-likeness (QED) is 0.749. The van der Waals surface area contributed by atoms with E-state index in [1.165, 1.54) is 17.3 Å². The summed E-state index contributed by atoms with van der Waals surface area (Å²) < 4.78 is 7.93. The second-order valence-corrected chi connectivity index (χ2v) is 8.16. The number of hydrogen-bond acceptors (Lipinski definition) is 5. The maximum atomic E-state index is 12.0. The van der Waals surface area contributed by atoms with Crippen LogP contribution in [-0.2, 0) is 17.9 Å². The van der Waals surface area contributed by atoms with Crippen molar-refractivity contribution in [2.75, 3.05) is 5.75 Å². The Bertz CT molecular complexity index is 765. The number of hydrogen-bond donors (Lipinski definition) is 1. The highest BCUT2D eigenvalue weighted by Crippen LogP contribution is 2.23. The van der Waals surface area contributed by atoms with E-state index in [1.807, 2.05) is 51.3 Å². The van der Waals surface area contributed by atoms with E-state index in [9.17, 15) is 4.79 Å². The van der Waals surface area contributed by atoms with E-state index < -0.39 is 0 Å². The summed E-state index contributed by atoms with van der Waals surface area (Å²) in [6.07, 6.45) is 0. The number of nitrogens with one attached hydrogen (secondary N) is 1. The van der Waals surface area contributed by atoms with Crippen LogP contribution >= 0.6 is 11.8 Å². The highest BCUT2D eigenvalue weighted by atomic mass is 32.2. The lowest BCUT2D eigenvalue weighted by molar-refractivity contribution is -0.119. The predicted molar refractivity (Wildman–Crippen MR) is 105 cm³/mol. The highest BCUT2D eigenvalue weighted by molar-refractivity contribution is 7.99. The van der Waals surface area contributed by atoms with Crippen LogP contribution in [0.25, 0.3) is 0 Å². The van der Waals surface area contributed by atoms with Gasteiger partial charge in [0.2, 0.25) is 5.91 Å². The molecule has 1 aromatic heterocycles. The Labute approximate surface area is 159 Å². The number of amides is 1. The molecule has 1 heterocycles. The SMILES string of the molecule is CCn1c(COc2cccc(C)c2C)nnc1SCC(=O)NC(C)(C)C. The van der Waals surface area contributed by atoms with E-state index in [2.05, 4.69) is 28.5 Å². The molecule has 0 saturated heterocycles. The highest BCUT2D eigenvalue weighted by Gasteiger charge is 2.17. The van der Waals surface area contributed by atoms with Crippen LogP contribution in [0.4, 0.5) is 0 Å². The number of nitrogens with zero attached hydrogens (tertiary/aromatic N) is 3. The van der Waals surface area contributed by atoms with Gasteiger partial charge >= 0.3 is 0 Å². The molecule has 1 N–H and O–H groups in total. The molecule has 0 radical (unpaired) electrons. The zero-order valence-corrected chi connectivity index (χ0v) is 17.2. The Balaban J connectivity index is 2.01. The molecule has 1 aromatic carbocycles. The zero-order valence-electron chi connectivity index (χ0n) is 16.4. The largest absolute Gasteiger partial charge is 0.485 e. The molecule has 2 aromatic rings. The van der Waals surface area contributed by atoms with Crippen molar-refractivity contribution in [3.8, 4) is 5.75 Å². The van der Waals surface area contributed by atoms with Crippen molar-refractivity contribution in [2.45, 2.75) is 65.4 Å². The van der Waals surface area contributed by atoms with Crippen molar-refractivity contribution >= 4 is 17.7 Å². The van der Waals surface area contributed by atoms with Crippen LogP contribution in [0, 0.1) is 13.8 Å². The van der Waals surface area contributed by atoms with Gasteiger partial charge in [-0.05, 0) is 58.7 Å². The van der Waals surface area contributed by atoms with E-state index in [4.69, 9.17) is 4.74 Å². The Kier molecular flexibility index (Phi) is 6.69. The van der Waals surface area contributed by atoms with Crippen LogP contribution in [0.5, 0.6) is 5.75 Å². The van der Waals surface area contributed by atoms with Crippen molar-refractivity contribution in [2.24, 2.45) is 0 Å². The van der Waals surface area contributed by atoms with Gasteiger partial charge in [-0.25, -0.2) is 0 Å². The summed E-state index contributed by atoms with van der Waals surface area (Å²) in [6, 6.07) is 6.01. The topological polar surface area (TPSA) is 69.0 Å². The second-order valence-electron chi connectivity index (χ2n) is 7.22. The van der Waals surface area contributed by atoms with Gasteiger partial charge in [-0.15, -0.1) is 10.2 Å². The first-order valence-electron chi connectivity index (χ1n) is 8.76. The first-order chi connectivity index (χ1) is 12.2. The monoisotopic (exact) mass is 376 g/mol. The van der Waals surface area contributed by atoms with Gasteiger partial charge in [-0.1, -0.05) is 23.9 Å². The molecule has 2 rings (SSSR count). The third kappa shape index (κ3) is 5.49. The van der Waals surface area contributed by atoms with Crippen LogP contribution in [0.3, 0.4) is 0 Å². The van der Waals surface area contributed by atoms with Crippen LogP contribution in [0.1, 0.15) is 44.6 Å². The Hall–Kier alpha value is -2.02. The normalized spacial score (nSPS) is 11.5. The standard InChI is InChI=1S/C19H28N4O2S/c1-7-23-16(11-25-15-10-8-9-13(2)14(15)3)21-22-18(23)26-12-17(24)20-19(4,5)6/h8-10H,7,11-12H2,1-6H3,(H,20,24). The number of rotatable bonds is 7. The van der Waals surface area contributed by atoms with Gasteiger partial charge in [0.25, 0.3) is 0 Å². The molecule has 0 aliphatic carbocycles. The van der Waals surface area contributed by atoms with E-state index in [0.29, 0.717) is 12.4 Å². The number of aryl methyl sites for hydroxylation is 1. The zero-order chi connectivity index (χ0) is 19.3. The minimum absolute atomic E-state index is 0.0126. The molecule has 1 amide bonds. The summed E-state index contributed by atoms with van der Waals surface area (Å²) in [5.41, 5.74) is 2.09. The maximum absolute atomic E-state index is 12.0. The first kappa shape index (κ1) is 20.3. The van der Waals surface area contributed by atoms with E-state index in [0.717, 1.165) is 28.8 Å². The molecule has 0 bridgehead atoms. The Morgan fingerprint density at radius 3 is 2.65 bits per heavy atom. The van der Waals surface area contributed by atoms with Gasteiger partial charge in [0, 0.05) is 12.1 Å². The minimum Gasteiger partial charge on any atom is -0.485 e. The van der Waals surface area contributed by atoms with Crippen LogP contribution in [0.2, 0.25) is 0 Å². The van der Waals surface area contributed by atoms with Crippen molar-refractivity contribution < 1.29 is 9.53 Å². The number of aromatic nitrogens is 3. The lowest BCUT2D eigenvalue weighted by Crippen LogP contribution is -2.41. The Morgan fingerprint density at radius 2 is 2.00 bits per heavy atom. The van der Waals surface area contributed by atoms with Crippen molar-refractivity contribution in [1.82, 2.24) is 20.1 Å². The van der Waals surface area contributed by atoms with Gasteiger partial charge in [0.1, 0.15) is 12.4 Å². The van der Waals surface area contributed by atoms with Crippen molar-refractivity contribution in [1.29, 1.82) is 0 Å². The number of thioether (sulfide) groups is 1. The lowest BCUT2D eigenvalue weighted by Gasteiger charge is -2.20. The molecule has 0 unspecified atom stereocenters. The fourth-order valence-corrected chi connectivity index (χ4v) is 3.28. The van der Waals surface area contributed by atoms with Crippen LogP contribution < -0.4 is 10.1 Å². The van der Waals surface area contributed by atoms with Crippen LogP contribution in [-0.4, -0.2) is 32.0 Å². The molecule has 0 saturated carbocycles. The molecule has 26 heavy (non-hydrogen) atoms. The van der Waals surface area contributed by atoms with Gasteiger partial charge in [0.15, 0.2) is 11.0 Å². The summed E-state index contributed by atoms with van der Waals surface area (Å²) in [7, 11) is 0. The first-order valence-corrected chi connectivity index (χ1v) is 9.74. The van der Waals surface area contributed by atoms with Crippen LogP contribution in [0.15, 0.2) is 23.4 Å². The van der Waals surface area contributed by atoms with Gasteiger partial charge in [-0.2, -0.15) is 0 Å². The van der Waals surface area contributed by atoms with E-state index in [-0.39, 0.29) is 11.4 Å². The third-order valence-electron chi connectivity index (χ3n) is 3.87. The van der Waals surface area contributed by atoms with Crippen molar-refractivity contribution in [3.63, 3.8) is 0 Å². The smallest absolute Gasteiger partial charge is 0.230 e. The number of carbonyl (C=O) groups is 1. The second kappa shape index (κ2) is 8.58. The molecule has 6 nitrogen and oxygen atoms in total. The summed E-state index contributed by atoms with van der Waals surface area (Å²) >= 11 is 1.39. The average Bonchev–Trinajstić information content (AvgIpc) is 2.94. The number of benzene rings is 1. The molecule has 0 spiro atoms. The average molecular weight is 377 g/mol. The molecule has 0 aliphatic heterocycles. The molecule has 142 valence electrons. The van der Waals surface area contributed by atoms with Gasteiger partial charge in [0.05, 0.1) is 5.75 Å². The molecule has 0 atom stereocenters. The fourth-order valence-electron chi connectivity index (χ4n) is 2.46. The minimum atomic E-state index is -0.235. The summed E-state index contributed by atoms with van der Waals surface area (Å²) in [6.45, 7) is 13.1. The molecule has 7 heteroatoms. The molecule has 0 aliphatic rings. The molecule has 0 fully saturated rings. The summed E-state index contributed by atoms with van der Waals surface area (Å²) in [4.78, 5) is 12.0. The summed E-state index contributed by atoms with van der Waals surface area (Å²) in [5, 5.41) is 12.1. The Morgan fingerprint density at radius 1 is 1.27 bits per heavy atom.